The zero-order valence-corrected chi connectivity index (χ0v) is 16.8. The number of nitrogens with zero attached hydrogens (tertiary/aromatic N) is 2. The van der Waals surface area contributed by atoms with E-state index in [2.05, 4.69) is 9.88 Å². The average Bonchev–Trinajstić information content (AvgIpc) is 3.16. The van der Waals surface area contributed by atoms with Crippen LogP contribution in [0.4, 0.5) is 26.3 Å². The van der Waals surface area contributed by atoms with E-state index in [4.69, 9.17) is 0 Å². The van der Waals surface area contributed by atoms with Crippen molar-refractivity contribution in [2.75, 3.05) is 19.6 Å². The molecule has 9 heteroatoms. The number of hydrogen-bond donors (Lipinski definition) is 1. The highest BCUT2D eigenvalue weighted by molar-refractivity contribution is 5.86. The summed E-state index contributed by atoms with van der Waals surface area (Å²) < 4.78 is 80.7. The molecular formula is C22H21F6N2O. The zero-order valence-electron chi connectivity index (χ0n) is 16.8. The highest BCUT2D eigenvalue weighted by Crippen LogP contribution is 2.46. The van der Waals surface area contributed by atoms with Gasteiger partial charge in [-0.05, 0) is 50.0 Å². The van der Waals surface area contributed by atoms with E-state index in [1.807, 2.05) is 13.8 Å². The fourth-order valence-corrected chi connectivity index (χ4v) is 3.61. The Hall–Kier alpha value is -1.87. The van der Waals surface area contributed by atoms with Gasteiger partial charge in [-0.3, -0.25) is 0 Å². The van der Waals surface area contributed by atoms with Gasteiger partial charge in [0.05, 0.1) is 17.2 Å². The normalized spacial score (nSPS) is 17.7. The maximum absolute atomic E-state index is 13.4. The van der Waals surface area contributed by atoms with Crippen molar-refractivity contribution in [3.8, 4) is 0 Å². The van der Waals surface area contributed by atoms with Crippen molar-refractivity contribution in [2.24, 2.45) is 0 Å². The number of hydrogen-bond acceptors (Lipinski definition) is 3. The molecule has 1 aromatic heterocycles. The van der Waals surface area contributed by atoms with Gasteiger partial charge in [-0.25, -0.2) is 4.98 Å². The van der Waals surface area contributed by atoms with Crippen LogP contribution >= 0.6 is 0 Å². The summed E-state index contributed by atoms with van der Waals surface area (Å²) in [6.07, 6.45) is -6.45. The standard InChI is InChI=1S/C22H21F6N2O/c1-3-30(4-2)12-13-7-5-8-14(13)20(31)16-11-18(22(26,27)28)29-19-15(16)9-6-10-17(19)21(23,24)25/h5-11,20,31H,3-4,12H2,1-2H3/t20-/m1/s1. The highest BCUT2D eigenvalue weighted by atomic mass is 19.4. The molecule has 1 aromatic carbocycles. The first-order valence-electron chi connectivity index (χ1n) is 9.70. The predicted molar refractivity (Wildman–Crippen MR) is 104 cm³/mol. The summed E-state index contributed by atoms with van der Waals surface area (Å²) in [6.45, 7) is 5.81. The first kappa shape index (κ1) is 23.8. The van der Waals surface area contributed by atoms with Crippen molar-refractivity contribution in [3.05, 3.63) is 72.2 Å². The van der Waals surface area contributed by atoms with E-state index in [-0.39, 0.29) is 10.9 Å². The Morgan fingerprint density at radius 2 is 1.68 bits per heavy atom. The molecule has 0 spiro atoms. The lowest BCUT2D eigenvalue weighted by Gasteiger charge is -2.29. The van der Waals surface area contributed by atoms with E-state index in [1.54, 1.807) is 19.3 Å². The Morgan fingerprint density at radius 1 is 1.00 bits per heavy atom. The van der Waals surface area contributed by atoms with Gasteiger partial charge in [-0.2, -0.15) is 26.3 Å². The second-order valence-electron chi connectivity index (χ2n) is 7.16. The summed E-state index contributed by atoms with van der Waals surface area (Å²) in [6, 6.07) is 3.64. The molecule has 31 heavy (non-hydrogen) atoms. The van der Waals surface area contributed by atoms with Crippen LogP contribution in [0.2, 0.25) is 0 Å². The van der Waals surface area contributed by atoms with Crippen molar-refractivity contribution in [1.29, 1.82) is 0 Å². The van der Waals surface area contributed by atoms with Crippen molar-refractivity contribution in [3.63, 3.8) is 0 Å². The van der Waals surface area contributed by atoms with E-state index in [1.165, 1.54) is 6.07 Å². The number of aliphatic hydroxyl groups excluding tert-OH is 1. The van der Waals surface area contributed by atoms with Gasteiger partial charge < -0.3 is 10.0 Å². The van der Waals surface area contributed by atoms with Gasteiger partial charge in [-0.1, -0.05) is 26.0 Å². The average molecular weight is 443 g/mol. The minimum atomic E-state index is -4.97. The van der Waals surface area contributed by atoms with Crippen LogP contribution in [-0.4, -0.2) is 34.6 Å². The van der Waals surface area contributed by atoms with Crippen LogP contribution in [0, 0.1) is 31.1 Å². The first-order chi connectivity index (χ1) is 14.5. The van der Waals surface area contributed by atoms with Crippen LogP contribution in [-0.2, 0) is 12.4 Å². The molecule has 0 unspecified atom stereocenters. The summed E-state index contributed by atoms with van der Waals surface area (Å²) in [5.41, 5.74) is -3.87. The maximum atomic E-state index is 13.4. The summed E-state index contributed by atoms with van der Waals surface area (Å²) in [4.78, 5) is 5.32. The molecule has 0 aliphatic heterocycles. The Labute approximate surface area is 177 Å². The molecule has 1 heterocycles. The summed E-state index contributed by atoms with van der Waals surface area (Å²) in [5.74, 6) is 1.05. The van der Waals surface area contributed by atoms with Crippen LogP contribution in [0.3, 0.4) is 0 Å². The minimum absolute atomic E-state index is 0.176. The number of alkyl halides is 6. The third-order valence-corrected chi connectivity index (χ3v) is 5.29. The predicted octanol–water partition coefficient (Wildman–Crippen LogP) is 5.42. The third-order valence-electron chi connectivity index (χ3n) is 5.29. The van der Waals surface area contributed by atoms with E-state index in [0.717, 1.165) is 19.2 Å². The summed E-state index contributed by atoms with van der Waals surface area (Å²) >= 11 is 0. The molecule has 1 aliphatic rings. The molecule has 167 valence electrons. The quantitative estimate of drug-likeness (QED) is 0.606. The number of aliphatic hydroxyl groups is 1. The molecule has 1 fully saturated rings. The molecule has 1 aliphatic carbocycles. The fraction of sp³-hybridized carbons (Fsp3) is 0.364. The Balaban J connectivity index is 2.12. The Morgan fingerprint density at radius 3 is 2.26 bits per heavy atom. The Kier molecular flexibility index (Phi) is 6.86. The molecule has 3 rings (SSSR count). The van der Waals surface area contributed by atoms with E-state index in [9.17, 15) is 31.4 Å². The largest absolute Gasteiger partial charge is 0.433 e. The van der Waals surface area contributed by atoms with Gasteiger partial charge in [0.25, 0.3) is 0 Å². The van der Waals surface area contributed by atoms with Gasteiger partial charge in [0.2, 0.25) is 0 Å². The summed E-state index contributed by atoms with van der Waals surface area (Å²) in [5, 5.41) is 10.8. The number of pyridine rings is 1. The first-order valence-corrected chi connectivity index (χ1v) is 9.70. The van der Waals surface area contributed by atoms with Gasteiger partial charge in [0.15, 0.2) is 0 Å². The molecule has 0 saturated heterocycles. The number of halogens is 6. The lowest BCUT2D eigenvalue weighted by Crippen LogP contribution is -2.31. The van der Waals surface area contributed by atoms with Crippen molar-refractivity contribution in [2.45, 2.75) is 32.3 Å². The summed E-state index contributed by atoms with van der Waals surface area (Å²) in [7, 11) is 0. The fourth-order valence-electron chi connectivity index (χ4n) is 3.61. The number of rotatable bonds is 6. The molecule has 0 amide bonds. The molecule has 1 atom stereocenters. The third kappa shape index (κ3) is 4.98. The molecule has 5 radical (unpaired) electrons. The van der Waals surface area contributed by atoms with E-state index in [0.29, 0.717) is 30.5 Å². The topological polar surface area (TPSA) is 36.4 Å². The van der Waals surface area contributed by atoms with Crippen molar-refractivity contribution in [1.82, 2.24) is 9.88 Å². The second kappa shape index (κ2) is 8.94. The van der Waals surface area contributed by atoms with E-state index < -0.39 is 35.2 Å². The minimum Gasteiger partial charge on any atom is -0.388 e. The molecule has 0 bridgehead atoms. The van der Waals surface area contributed by atoms with Crippen LogP contribution < -0.4 is 0 Å². The maximum Gasteiger partial charge on any atom is 0.433 e. The van der Waals surface area contributed by atoms with Gasteiger partial charge in [0.1, 0.15) is 5.69 Å². The van der Waals surface area contributed by atoms with Crippen LogP contribution in [0.15, 0.2) is 24.3 Å². The lowest BCUT2D eigenvalue weighted by atomic mass is 9.85. The number of para-hydroxylation sites is 1. The number of aromatic nitrogens is 1. The monoisotopic (exact) mass is 443 g/mol. The molecule has 1 N–H and O–H groups in total. The molecular weight excluding hydrogens is 422 g/mol. The lowest BCUT2D eigenvalue weighted by molar-refractivity contribution is -0.142. The van der Waals surface area contributed by atoms with Gasteiger partial charge in [-0.15, -0.1) is 0 Å². The highest BCUT2D eigenvalue weighted by Gasteiger charge is 2.41. The molecule has 2 aromatic rings. The molecule has 1 saturated carbocycles. The Bertz CT molecular complexity index is 907. The van der Waals surface area contributed by atoms with Gasteiger partial charge in [0, 0.05) is 23.8 Å². The van der Waals surface area contributed by atoms with Gasteiger partial charge >= 0.3 is 12.4 Å². The van der Waals surface area contributed by atoms with E-state index >= 15 is 0 Å². The number of benzene rings is 1. The van der Waals surface area contributed by atoms with Crippen molar-refractivity contribution >= 4 is 10.9 Å². The molecule has 3 nitrogen and oxygen atoms in total. The van der Waals surface area contributed by atoms with Crippen LogP contribution in [0.25, 0.3) is 10.9 Å². The second-order valence-corrected chi connectivity index (χ2v) is 7.16. The smallest absolute Gasteiger partial charge is 0.388 e. The number of fused-ring (bicyclic) bond motifs is 1. The zero-order chi connectivity index (χ0) is 23.0. The van der Waals surface area contributed by atoms with Crippen molar-refractivity contribution < 1.29 is 31.4 Å². The SMILES string of the molecule is CCN(CC)C[C]1[CH][CH][CH][C]1[C@@H](O)c1cc(C(F)(F)F)nc2c(C(F)(F)F)cccc12. The van der Waals surface area contributed by atoms with Crippen LogP contribution in [0.1, 0.15) is 36.8 Å². The van der Waals surface area contributed by atoms with Crippen LogP contribution in [0.5, 0.6) is 0 Å².